The lowest BCUT2D eigenvalue weighted by atomic mass is 10.0. The zero-order valence-corrected chi connectivity index (χ0v) is 12.3. The van der Waals surface area contributed by atoms with E-state index >= 15 is 0 Å². The maximum absolute atomic E-state index is 13.8. The van der Waals surface area contributed by atoms with Gasteiger partial charge in [-0.05, 0) is 30.7 Å². The molecule has 1 N–H and O–H groups in total. The predicted octanol–water partition coefficient (Wildman–Crippen LogP) is 3.33. The summed E-state index contributed by atoms with van der Waals surface area (Å²) >= 11 is 4.43. The van der Waals surface area contributed by atoms with Crippen LogP contribution in [0.2, 0.25) is 0 Å². The van der Waals surface area contributed by atoms with E-state index in [1.54, 1.807) is 12.3 Å². The molecule has 0 saturated heterocycles. The van der Waals surface area contributed by atoms with Crippen molar-refractivity contribution in [3.05, 3.63) is 45.9 Å². The van der Waals surface area contributed by atoms with Crippen LogP contribution in [-0.4, -0.2) is 15.3 Å². The molecule has 1 unspecified atom stereocenters. The molecule has 2 aromatic rings. The van der Waals surface area contributed by atoms with Crippen LogP contribution in [0.1, 0.15) is 24.2 Å². The molecule has 0 spiro atoms. The van der Waals surface area contributed by atoms with Crippen molar-refractivity contribution in [3.63, 3.8) is 0 Å². The van der Waals surface area contributed by atoms with Gasteiger partial charge in [0.25, 0.3) is 0 Å². The molecule has 3 nitrogen and oxygen atoms in total. The van der Waals surface area contributed by atoms with Crippen LogP contribution in [0.4, 0.5) is 4.39 Å². The van der Waals surface area contributed by atoms with Crippen LogP contribution in [-0.2, 0) is 6.42 Å². The normalized spacial score (nSPS) is 12.6. The summed E-state index contributed by atoms with van der Waals surface area (Å²) < 4.78 is 22.8. The molecular formula is C12H13BrFN3S. The van der Waals surface area contributed by atoms with Gasteiger partial charge in [-0.3, -0.25) is 0 Å². The molecule has 1 aromatic carbocycles. The number of nitrogens with zero attached hydrogens (tertiary/aromatic N) is 2. The maximum Gasteiger partial charge on any atom is 0.127 e. The second kappa shape index (κ2) is 6.36. The van der Waals surface area contributed by atoms with Crippen molar-refractivity contribution in [3.8, 4) is 0 Å². The third-order valence-corrected chi connectivity index (χ3v) is 3.61. The molecule has 6 heteroatoms. The topological polar surface area (TPSA) is 37.8 Å². The molecule has 0 amide bonds. The first-order chi connectivity index (χ1) is 8.70. The van der Waals surface area contributed by atoms with Crippen LogP contribution >= 0.6 is 27.7 Å². The fourth-order valence-corrected chi connectivity index (χ4v) is 2.56. The van der Waals surface area contributed by atoms with Gasteiger partial charge in [0.2, 0.25) is 0 Å². The first kappa shape index (κ1) is 13.6. The third-order valence-electron chi connectivity index (χ3n) is 2.63. The zero-order valence-electron chi connectivity index (χ0n) is 9.86. The Hall–Kier alpha value is -0.850. The molecule has 18 heavy (non-hydrogen) atoms. The number of benzene rings is 1. The summed E-state index contributed by atoms with van der Waals surface area (Å²) in [5.74, 6) is -0.199. The van der Waals surface area contributed by atoms with Crippen LogP contribution in [0.5, 0.6) is 0 Å². The molecule has 0 radical (unpaired) electrons. The summed E-state index contributed by atoms with van der Waals surface area (Å²) in [6, 6.07) is 5.13. The molecule has 1 aromatic heterocycles. The summed E-state index contributed by atoms with van der Waals surface area (Å²) in [5.41, 5.74) is 1.54. The van der Waals surface area contributed by atoms with E-state index in [9.17, 15) is 4.39 Å². The summed E-state index contributed by atoms with van der Waals surface area (Å²) in [7, 11) is 0. The summed E-state index contributed by atoms with van der Waals surface area (Å²) in [5, 5.41) is 3.30. The van der Waals surface area contributed by atoms with E-state index in [0.717, 1.165) is 16.7 Å². The van der Waals surface area contributed by atoms with Gasteiger partial charge < -0.3 is 5.32 Å². The van der Waals surface area contributed by atoms with Crippen LogP contribution in [0.25, 0.3) is 0 Å². The Kier molecular flexibility index (Phi) is 4.79. The highest BCUT2D eigenvalue weighted by Gasteiger charge is 2.16. The predicted molar refractivity (Wildman–Crippen MR) is 74.1 cm³/mol. The van der Waals surface area contributed by atoms with Crippen LogP contribution < -0.4 is 5.32 Å². The minimum atomic E-state index is -0.199. The minimum Gasteiger partial charge on any atom is -0.309 e. The number of halogens is 2. The van der Waals surface area contributed by atoms with Crippen LogP contribution in [0, 0.1) is 5.82 Å². The van der Waals surface area contributed by atoms with Crippen molar-refractivity contribution in [1.29, 1.82) is 0 Å². The van der Waals surface area contributed by atoms with Crippen molar-refractivity contribution in [2.24, 2.45) is 0 Å². The van der Waals surface area contributed by atoms with Crippen molar-refractivity contribution >= 4 is 27.7 Å². The van der Waals surface area contributed by atoms with Crippen molar-refractivity contribution in [2.75, 3.05) is 6.54 Å². The number of rotatable bonds is 5. The van der Waals surface area contributed by atoms with Gasteiger partial charge in [0, 0.05) is 4.47 Å². The van der Waals surface area contributed by atoms with Gasteiger partial charge >= 0.3 is 0 Å². The SMILES string of the molecule is CCNC(Cc1ccc(Br)cc1F)c1cnsn1. The number of hydrogen-bond donors (Lipinski definition) is 1. The van der Waals surface area contributed by atoms with Gasteiger partial charge in [0.05, 0.1) is 29.7 Å². The van der Waals surface area contributed by atoms with Crippen molar-refractivity contribution < 1.29 is 4.39 Å². The van der Waals surface area contributed by atoms with Gasteiger partial charge in [-0.15, -0.1) is 0 Å². The molecule has 0 fully saturated rings. The largest absolute Gasteiger partial charge is 0.309 e. The highest BCUT2D eigenvalue weighted by molar-refractivity contribution is 9.10. The summed E-state index contributed by atoms with van der Waals surface area (Å²) in [6.45, 7) is 2.82. The Balaban J connectivity index is 2.18. The van der Waals surface area contributed by atoms with E-state index in [2.05, 4.69) is 30.0 Å². The molecule has 0 aliphatic heterocycles. The van der Waals surface area contributed by atoms with Crippen molar-refractivity contribution in [1.82, 2.24) is 14.1 Å². The minimum absolute atomic E-state index is 0.00410. The standard InChI is InChI=1S/C12H13BrFN3S/c1-2-15-11(12-7-16-18-17-12)5-8-3-4-9(13)6-10(8)14/h3-4,6-7,11,15H,2,5H2,1H3. The van der Waals surface area contributed by atoms with E-state index in [4.69, 9.17) is 0 Å². The van der Waals surface area contributed by atoms with Gasteiger partial charge in [-0.25, -0.2) is 4.39 Å². The molecule has 1 heterocycles. The van der Waals surface area contributed by atoms with E-state index in [0.29, 0.717) is 12.0 Å². The Morgan fingerprint density at radius 2 is 2.33 bits per heavy atom. The summed E-state index contributed by atoms with van der Waals surface area (Å²) in [6.07, 6.45) is 2.30. The number of aromatic nitrogens is 2. The van der Waals surface area contributed by atoms with Crippen LogP contribution in [0.15, 0.2) is 28.9 Å². The van der Waals surface area contributed by atoms with Gasteiger partial charge in [0.1, 0.15) is 5.82 Å². The second-order valence-electron chi connectivity index (χ2n) is 3.88. The van der Waals surface area contributed by atoms with Crippen LogP contribution in [0.3, 0.4) is 0 Å². The van der Waals surface area contributed by atoms with E-state index in [1.807, 2.05) is 13.0 Å². The first-order valence-electron chi connectivity index (χ1n) is 5.65. The molecule has 0 saturated carbocycles. The number of hydrogen-bond acceptors (Lipinski definition) is 4. The zero-order chi connectivity index (χ0) is 13.0. The lowest BCUT2D eigenvalue weighted by Gasteiger charge is -2.15. The molecule has 1 atom stereocenters. The van der Waals surface area contributed by atoms with Gasteiger partial charge in [0.15, 0.2) is 0 Å². The lowest BCUT2D eigenvalue weighted by Crippen LogP contribution is -2.23. The number of nitrogens with one attached hydrogen (secondary N) is 1. The Bertz CT molecular complexity index is 504. The Morgan fingerprint density at radius 1 is 1.50 bits per heavy atom. The molecule has 0 aliphatic rings. The highest BCUT2D eigenvalue weighted by atomic mass is 79.9. The lowest BCUT2D eigenvalue weighted by molar-refractivity contribution is 0.520. The number of likely N-dealkylation sites (N-methyl/N-ethyl adjacent to an activating group) is 1. The average Bonchev–Trinajstić information content (AvgIpc) is 2.85. The smallest absolute Gasteiger partial charge is 0.127 e. The van der Waals surface area contributed by atoms with Crippen molar-refractivity contribution in [2.45, 2.75) is 19.4 Å². The Labute approximate surface area is 118 Å². The monoisotopic (exact) mass is 329 g/mol. The highest BCUT2D eigenvalue weighted by Crippen LogP contribution is 2.21. The second-order valence-corrected chi connectivity index (χ2v) is 5.35. The fraction of sp³-hybridized carbons (Fsp3) is 0.333. The average molecular weight is 330 g/mol. The molecule has 0 aliphatic carbocycles. The van der Waals surface area contributed by atoms with Gasteiger partial charge in [-0.1, -0.05) is 28.9 Å². The molecule has 0 bridgehead atoms. The Morgan fingerprint density at radius 3 is 2.94 bits per heavy atom. The van der Waals surface area contributed by atoms with E-state index in [1.165, 1.54) is 17.8 Å². The molecule has 2 rings (SSSR count). The molecular weight excluding hydrogens is 317 g/mol. The first-order valence-corrected chi connectivity index (χ1v) is 7.17. The van der Waals surface area contributed by atoms with Gasteiger partial charge in [-0.2, -0.15) is 8.75 Å². The quantitative estimate of drug-likeness (QED) is 0.914. The fourth-order valence-electron chi connectivity index (χ4n) is 1.76. The third kappa shape index (κ3) is 3.34. The summed E-state index contributed by atoms with van der Waals surface area (Å²) in [4.78, 5) is 0. The van der Waals surface area contributed by atoms with E-state index in [-0.39, 0.29) is 11.9 Å². The molecule has 96 valence electrons. The van der Waals surface area contributed by atoms with E-state index < -0.39 is 0 Å². The maximum atomic E-state index is 13.8.